The molecule has 0 amide bonds. The molecule has 2 aromatic rings. The van der Waals surface area contributed by atoms with Crippen molar-refractivity contribution in [2.24, 2.45) is 5.73 Å². The van der Waals surface area contributed by atoms with E-state index in [1.807, 2.05) is 19.2 Å². The van der Waals surface area contributed by atoms with Gasteiger partial charge in [-0.1, -0.05) is 12.1 Å². The van der Waals surface area contributed by atoms with E-state index in [9.17, 15) is 4.39 Å². The maximum absolute atomic E-state index is 13.7. The molecule has 0 saturated heterocycles. The van der Waals surface area contributed by atoms with Crippen LogP contribution in [0.25, 0.3) is 0 Å². The van der Waals surface area contributed by atoms with Crippen LogP contribution in [-0.2, 0) is 6.54 Å². The van der Waals surface area contributed by atoms with E-state index in [1.54, 1.807) is 17.4 Å². The largest absolute Gasteiger partial charge is 0.367 e. The number of thiophene rings is 1. The number of halogens is 1. The van der Waals surface area contributed by atoms with E-state index in [1.165, 1.54) is 10.9 Å². The Hall–Kier alpha value is -1.39. The highest BCUT2D eigenvalue weighted by molar-refractivity contribution is 7.10. The lowest BCUT2D eigenvalue weighted by Gasteiger charge is -2.28. The normalized spacial score (nSPS) is 12.4. The van der Waals surface area contributed by atoms with Gasteiger partial charge in [-0.2, -0.15) is 0 Å². The molecule has 2 rings (SSSR count). The predicted molar refractivity (Wildman–Crippen MR) is 75.4 cm³/mol. The van der Waals surface area contributed by atoms with Crippen LogP contribution in [-0.4, -0.2) is 7.05 Å². The van der Waals surface area contributed by atoms with Crippen LogP contribution in [0, 0.1) is 5.82 Å². The Morgan fingerprint density at radius 2 is 2.11 bits per heavy atom. The van der Waals surface area contributed by atoms with E-state index < -0.39 is 0 Å². The molecule has 1 unspecified atom stereocenters. The van der Waals surface area contributed by atoms with Gasteiger partial charge >= 0.3 is 0 Å². The summed E-state index contributed by atoms with van der Waals surface area (Å²) in [5.74, 6) is -0.236. The first kappa shape index (κ1) is 13.1. The fourth-order valence-corrected chi connectivity index (χ4v) is 2.83. The maximum atomic E-state index is 13.7. The van der Waals surface area contributed by atoms with E-state index >= 15 is 0 Å². The van der Waals surface area contributed by atoms with Gasteiger partial charge in [0.15, 0.2) is 0 Å². The van der Waals surface area contributed by atoms with Gasteiger partial charge in [0.25, 0.3) is 0 Å². The monoisotopic (exact) mass is 264 g/mol. The van der Waals surface area contributed by atoms with Crippen molar-refractivity contribution in [3.63, 3.8) is 0 Å². The molecule has 0 bridgehead atoms. The minimum absolute atomic E-state index is 0.206. The molecule has 0 fully saturated rings. The minimum Gasteiger partial charge on any atom is -0.367 e. The van der Waals surface area contributed by atoms with Crippen molar-refractivity contribution in [3.05, 3.63) is 52.0 Å². The molecule has 2 N–H and O–H groups in total. The van der Waals surface area contributed by atoms with Gasteiger partial charge in [-0.15, -0.1) is 11.3 Å². The fraction of sp³-hybridized carbons (Fsp3) is 0.286. The summed E-state index contributed by atoms with van der Waals surface area (Å²) in [5, 5.41) is 2.05. The van der Waals surface area contributed by atoms with Crippen molar-refractivity contribution in [3.8, 4) is 0 Å². The lowest BCUT2D eigenvalue weighted by atomic mass is 10.1. The zero-order valence-electron chi connectivity index (χ0n) is 10.6. The molecule has 0 aliphatic carbocycles. The van der Waals surface area contributed by atoms with Gasteiger partial charge in [-0.25, -0.2) is 4.39 Å². The van der Waals surface area contributed by atoms with Gasteiger partial charge in [0.2, 0.25) is 0 Å². The van der Waals surface area contributed by atoms with Crippen LogP contribution in [0.2, 0.25) is 0 Å². The Bertz CT molecular complexity index is 511. The molecular formula is C14H17FN2S. The Labute approximate surface area is 111 Å². The number of hydrogen-bond donors (Lipinski definition) is 1. The summed E-state index contributed by atoms with van der Waals surface area (Å²) in [6.07, 6.45) is 0. The molecule has 1 heterocycles. The molecule has 1 aromatic heterocycles. The second-order valence-electron chi connectivity index (χ2n) is 4.24. The zero-order valence-corrected chi connectivity index (χ0v) is 11.4. The first-order chi connectivity index (χ1) is 8.65. The van der Waals surface area contributed by atoms with E-state index in [0.717, 1.165) is 5.69 Å². The van der Waals surface area contributed by atoms with Crippen molar-refractivity contribution < 1.29 is 4.39 Å². The molecule has 0 saturated carbocycles. The summed E-state index contributed by atoms with van der Waals surface area (Å²) in [6, 6.07) is 9.41. The number of benzene rings is 1. The van der Waals surface area contributed by atoms with Crippen LogP contribution < -0.4 is 10.6 Å². The molecule has 96 valence electrons. The van der Waals surface area contributed by atoms with Gasteiger partial charge in [-0.3, -0.25) is 0 Å². The summed E-state index contributed by atoms with van der Waals surface area (Å²) in [7, 11) is 1.97. The summed E-state index contributed by atoms with van der Waals surface area (Å²) in [5.41, 5.74) is 7.08. The smallest absolute Gasteiger partial charge is 0.129 e. The second kappa shape index (κ2) is 5.50. The maximum Gasteiger partial charge on any atom is 0.129 e. The van der Waals surface area contributed by atoms with E-state index in [4.69, 9.17) is 5.73 Å². The molecular weight excluding hydrogens is 247 g/mol. The van der Waals surface area contributed by atoms with Gasteiger partial charge in [0.1, 0.15) is 5.82 Å². The highest BCUT2D eigenvalue weighted by atomic mass is 32.1. The second-order valence-corrected chi connectivity index (χ2v) is 5.22. The molecule has 18 heavy (non-hydrogen) atoms. The summed E-state index contributed by atoms with van der Waals surface area (Å²) in [4.78, 5) is 3.32. The lowest BCUT2D eigenvalue weighted by molar-refractivity contribution is 0.607. The first-order valence-corrected chi connectivity index (χ1v) is 6.76. The number of nitrogens with two attached hydrogens (primary N) is 1. The molecule has 0 aliphatic rings. The average Bonchev–Trinajstić information content (AvgIpc) is 2.90. The third-order valence-electron chi connectivity index (χ3n) is 3.21. The average molecular weight is 264 g/mol. The Kier molecular flexibility index (Phi) is 3.99. The molecule has 4 heteroatoms. The van der Waals surface area contributed by atoms with Gasteiger partial charge < -0.3 is 10.6 Å². The first-order valence-electron chi connectivity index (χ1n) is 5.89. The fourth-order valence-electron chi connectivity index (χ4n) is 2.01. The van der Waals surface area contributed by atoms with Gasteiger partial charge in [0.05, 0.1) is 6.04 Å². The van der Waals surface area contributed by atoms with Crippen LogP contribution in [0.3, 0.4) is 0 Å². The van der Waals surface area contributed by atoms with Crippen molar-refractivity contribution in [2.75, 3.05) is 11.9 Å². The van der Waals surface area contributed by atoms with E-state index in [0.29, 0.717) is 5.56 Å². The Morgan fingerprint density at radius 1 is 1.33 bits per heavy atom. The molecule has 0 spiro atoms. The molecule has 1 aromatic carbocycles. The van der Waals surface area contributed by atoms with Gasteiger partial charge in [0, 0.05) is 29.7 Å². The van der Waals surface area contributed by atoms with Crippen molar-refractivity contribution >= 4 is 17.0 Å². The SMILES string of the molecule is CC(c1cccs1)N(C)c1cccc(F)c1CN. The van der Waals surface area contributed by atoms with Crippen LogP contribution in [0.1, 0.15) is 23.4 Å². The predicted octanol–water partition coefficient (Wildman–Crippen LogP) is 3.54. The third-order valence-corrected chi connectivity index (χ3v) is 4.26. The van der Waals surface area contributed by atoms with Crippen LogP contribution in [0.15, 0.2) is 35.7 Å². The van der Waals surface area contributed by atoms with Crippen LogP contribution >= 0.6 is 11.3 Å². The molecule has 0 aliphatic heterocycles. The van der Waals surface area contributed by atoms with Crippen molar-refractivity contribution in [1.82, 2.24) is 0 Å². The Morgan fingerprint density at radius 3 is 2.72 bits per heavy atom. The van der Waals surface area contributed by atoms with Gasteiger partial charge in [-0.05, 0) is 30.5 Å². The topological polar surface area (TPSA) is 29.3 Å². The molecule has 2 nitrogen and oxygen atoms in total. The molecule has 1 atom stereocenters. The quantitative estimate of drug-likeness (QED) is 0.915. The lowest BCUT2D eigenvalue weighted by Crippen LogP contribution is -2.23. The Balaban J connectivity index is 2.34. The summed E-state index contributed by atoms with van der Waals surface area (Å²) in [6.45, 7) is 2.32. The van der Waals surface area contributed by atoms with Crippen molar-refractivity contribution in [1.29, 1.82) is 0 Å². The standard InChI is InChI=1S/C14H17FN2S/c1-10(14-7-4-8-18-14)17(2)13-6-3-5-12(15)11(13)9-16/h3-8,10H,9,16H2,1-2H3. The van der Waals surface area contributed by atoms with E-state index in [2.05, 4.69) is 23.3 Å². The molecule has 0 radical (unpaired) electrons. The van der Waals surface area contributed by atoms with Crippen LogP contribution in [0.5, 0.6) is 0 Å². The minimum atomic E-state index is -0.236. The number of hydrogen-bond acceptors (Lipinski definition) is 3. The number of nitrogens with zero attached hydrogens (tertiary/aromatic N) is 1. The zero-order chi connectivity index (χ0) is 13.1. The summed E-state index contributed by atoms with van der Waals surface area (Å²) >= 11 is 1.71. The number of anilines is 1. The van der Waals surface area contributed by atoms with E-state index in [-0.39, 0.29) is 18.4 Å². The van der Waals surface area contributed by atoms with Crippen LogP contribution in [0.4, 0.5) is 10.1 Å². The summed E-state index contributed by atoms with van der Waals surface area (Å²) < 4.78 is 13.7. The number of rotatable bonds is 4. The van der Waals surface area contributed by atoms with Crippen molar-refractivity contribution in [2.45, 2.75) is 19.5 Å². The highest BCUT2D eigenvalue weighted by Gasteiger charge is 2.17. The third kappa shape index (κ3) is 2.40. The highest BCUT2D eigenvalue weighted by Crippen LogP contribution is 2.31.